The first-order valence-electron chi connectivity index (χ1n) is 7.70. The van der Waals surface area contributed by atoms with E-state index in [0.29, 0.717) is 11.6 Å². The summed E-state index contributed by atoms with van der Waals surface area (Å²) in [5.74, 6) is 0.735. The summed E-state index contributed by atoms with van der Waals surface area (Å²) in [5, 5.41) is 31.3. The van der Waals surface area contributed by atoms with Gasteiger partial charge in [0.15, 0.2) is 0 Å². The molecule has 1 heterocycles. The molecule has 1 unspecified atom stereocenters. The molecule has 1 aromatic heterocycles. The molecule has 0 saturated heterocycles. The van der Waals surface area contributed by atoms with Crippen LogP contribution in [-0.2, 0) is 5.60 Å². The zero-order valence-corrected chi connectivity index (χ0v) is 13.6. The highest BCUT2D eigenvalue weighted by molar-refractivity contribution is 5.84. The predicted molar refractivity (Wildman–Crippen MR) is 88.9 cm³/mol. The van der Waals surface area contributed by atoms with Crippen LogP contribution >= 0.6 is 0 Å². The summed E-state index contributed by atoms with van der Waals surface area (Å²) in [6.07, 6.45) is 3.83. The molecule has 3 N–H and O–H groups in total. The van der Waals surface area contributed by atoms with Crippen molar-refractivity contribution >= 4 is 10.9 Å². The summed E-state index contributed by atoms with van der Waals surface area (Å²) < 4.78 is 0. The van der Waals surface area contributed by atoms with Gasteiger partial charge in [0.25, 0.3) is 0 Å². The van der Waals surface area contributed by atoms with E-state index >= 15 is 0 Å². The monoisotopic (exact) mass is 311 g/mol. The number of aromatic amines is 1. The normalized spacial score (nSPS) is 17.8. The number of hydrogen-bond donors (Lipinski definition) is 3. The third-order valence-electron chi connectivity index (χ3n) is 4.34. The molecule has 1 atom stereocenters. The Bertz CT molecular complexity index is 821. The molecule has 3 rings (SSSR count). The van der Waals surface area contributed by atoms with Crippen LogP contribution in [0.1, 0.15) is 36.9 Å². The van der Waals surface area contributed by atoms with Crippen molar-refractivity contribution in [2.24, 2.45) is 0 Å². The van der Waals surface area contributed by atoms with Gasteiger partial charge in [0.1, 0.15) is 11.4 Å². The van der Waals surface area contributed by atoms with Gasteiger partial charge in [0, 0.05) is 37.3 Å². The van der Waals surface area contributed by atoms with Crippen molar-refractivity contribution in [1.82, 2.24) is 9.88 Å². The molecule has 0 aliphatic heterocycles. The van der Waals surface area contributed by atoms with Gasteiger partial charge in [-0.3, -0.25) is 0 Å². The van der Waals surface area contributed by atoms with E-state index in [1.165, 1.54) is 0 Å². The number of nitrogens with zero attached hydrogens (tertiary/aromatic N) is 2. The van der Waals surface area contributed by atoms with E-state index in [0.717, 1.165) is 29.3 Å². The van der Waals surface area contributed by atoms with Crippen LogP contribution in [0.4, 0.5) is 0 Å². The second kappa shape index (κ2) is 5.32. The molecule has 1 fully saturated rings. The lowest BCUT2D eigenvalue weighted by Crippen LogP contribution is -2.25. The maximum atomic E-state index is 10.8. The average molecular weight is 311 g/mol. The largest absolute Gasteiger partial charge is 0.508 e. The standard InChI is InChI=1S/C18H21N3O2/c1-18(23,13(9-19)10-21(2)3)17-7-12-6-14(11-4-5-11)16(22)8-15(12)20-17/h6-8,10-11,20,22-23H,4-5H2,1-3H3/b13-10+. The van der Waals surface area contributed by atoms with Gasteiger partial charge in [-0.15, -0.1) is 0 Å². The molecule has 5 heteroatoms. The minimum atomic E-state index is -1.42. The number of aromatic hydroxyl groups is 1. The number of fused-ring (bicyclic) bond motifs is 1. The molecule has 5 nitrogen and oxygen atoms in total. The fraction of sp³-hybridized carbons (Fsp3) is 0.389. The number of rotatable bonds is 4. The number of hydrogen-bond acceptors (Lipinski definition) is 4. The van der Waals surface area contributed by atoms with E-state index in [9.17, 15) is 15.5 Å². The van der Waals surface area contributed by atoms with Crippen molar-refractivity contribution in [1.29, 1.82) is 5.26 Å². The number of benzene rings is 1. The van der Waals surface area contributed by atoms with Gasteiger partial charge < -0.3 is 20.1 Å². The minimum absolute atomic E-state index is 0.251. The van der Waals surface area contributed by atoms with Crippen LogP contribution in [-0.4, -0.2) is 34.2 Å². The van der Waals surface area contributed by atoms with Crippen LogP contribution in [0.25, 0.3) is 10.9 Å². The minimum Gasteiger partial charge on any atom is -0.508 e. The van der Waals surface area contributed by atoms with Gasteiger partial charge in [0.05, 0.1) is 17.3 Å². The number of nitriles is 1. The molecule has 23 heavy (non-hydrogen) atoms. The van der Waals surface area contributed by atoms with Crippen molar-refractivity contribution in [3.63, 3.8) is 0 Å². The van der Waals surface area contributed by atoms with Crippen molar-refractivity contribution < 1.29 is 10.2 Å². The second-order valence-corrected chi connectivity index (χ2v) is 6.65. The van der Waals surface area contributed by atoms with E-state index in [2.05, 4.69) is 11.1 Å². The molecule has 1 aliphatic rings. The Morgan fingerprint density at radius 1 is 1.39 bits per heavy atom. The highest BCUT2D eigenvalue weighted by atomic mass is 16.3. The Balaban J connectivity index is 2.07. The fourth-order valence-electron chi connectivity index (χ4n) is 2.84. The lowest BCUT2D eigenvalue weighted by Gasteiger charge is -2.22. The molecule has 0 radical (unpaired) electrons. The van der Waals surface area contributed by atoms with Crippen LogP contribution in [0.3, 0.4) is 0 Å². The van der Waals surface area contributed by atoms with Gasteiger partial charge >= 0.3 is 0 Å². The number of phenols is 1. The number of phenolic OH excluding ortho intramolecular Hbond substituents is 1. The number of H-pyrrole nitrogens is 1. The van der Waals surface area contributed by atoms with Crippen molar-refractivity contribution in [3.05, 3.63) is 41.2 Å². The first kappa shape index (κ1) is 15.4. The first-order valence-corrected chi connectivity index (χ1v) is 7.70. The molecule has 0 amide bonds. The zero-order chi connectivity index (χ0) is 16.8. The number of aromatic nitrogens is 1. The summed E-state index contributed by atoms with van der Waals surface area (Å²) in [5.41, 5.74) is 1.08. The molecule has 1 aliphatic carbocycles. The lowest BCUT2D eigenvalue weighted by molar-refractivity contribution is 0.0968. The van der Waals surface area contributed by atoms with Gasteiger partial charge in [-0.2, -0.15) is 5.26 Å². The summed E-state index contributed by atoms with van der Waals surface area (Å²) in [6, 6.07) is 7.59. The summed E-state index contributed by atoms with van der Waals surface area (Å²) >= 11 is 0. The highest BCUT2D eigenvalue weighted by Gasteiger charge is 2.32. The second-order valence-electron chi connectivity index (χ2n) is 6.65. The van der Waals surface area contributed by atoms with Crippen molar-refractivity contribution in [2.75, 3.05) is 14.1 Å². The Labute approximate surface area is 135 Å². The molecule has 0 bridgehead atoms. The smallest absolute Gasteiger partial charge is 0.138 e. The third kappa shape index (κ3) is 2.78. The van der Waals surface area contributed by atoms with Crippen LogP contribution in [0.15, 0.2) is 30.0 Å². The zero-order valence-electron chi connectivity index (χ0n) is 13.6. The predicted octanol–water partition coefficient (Wildman–Crippen LogP) is 2.93. The topological polar surface area (TPSA) is 83.3 Å². The Hall–Kier alpha value is -2.45. The Morgan fingerprint density at radius 3 is 2.65 bits per heavy atom. The highest BCUT2D eigenvalue weighted by Crippen LogP contribution is 2.45. The molecule has 1 saturated carbocycles. The van der Waals surface area contributed by atoms with Crippen LogP contribution in [0.2, 0.25) is 0 Å². The molecular formula is C18H21N3O2. The number of aliphatic hydroxyl groups is 1. The van der Waals surface area contributed by atoms with Gasteiger partial charge in [-0.05, 0) is 43.4 Å². The Kier molecular flexibility index (Phi) is 3.57. The molecule has 0 spiro atoms. The molecule has 2 aromatic rings. The number of nitrogens with one attached hydrogen (secondary N) is 1. The SMILES string of the molecule is CN(C)/C=C(\C#N)C(C)(O)c1cc2cc(C3CC3)c(O)cc2[nH]1. The molecule has 1 aromatic carbocycles. The van der Waals surface area contributed by atoms with E-state index in [1.54, 1.807) is 38.2 Å². The van der Waals surface area contributed by atoms with E-state index in [-0.39, 0.29) is 11.3 Å². The summed E-state index contributed by atoms with van der Waals surface area (Å²) in [6.45, 7) is 1.60. The van der Waals surface area contributed by atoms with E-state index < -0.39 is 5.60 Å². The maximum Gasteiger partial charge on any atom is 0.138 e. The van der Waals surface area contributed by atoms with Crippen LogP contribution < -0.4 is 0 Å². The lowest BCUT2D eigenvalue weighted by atomic mass is 9.93. The maximum absolute atomic E-state index is 10.8. The quantitative estimate of drug-likeness (QED) is 0.758. The van der Waals surface area contributed by atoms with Crippen molar-refractivity contribution in [3.8, 4) is 11.8 Å². The van der Waals surface area contributed by atoms with Crippen molar-refractivity contribution in [2.45, 2.75) is 31.3 Å². The molecular weight excluding hydrogens is 290 g/mol. The Morgan fingerprint density at radius 2 is 2.09 bits per heavy atom. The van der Waals surface area contributed by atoms with Crippen LogP contribution in [0, 0.1) is 11.3 Å². The first-order chi connectivity index (χ1) is 10.8. The van der Waals surface area contributed by atoms with E-state index in [1.807, 2.05) is 12.1 Å². The van der Waals surface area contributed by atoms with Gasteiger partial charge in [0.2, 0.25) is 0 Å². The van der Waals surface area contributed by atoms with Crippen LogP contribution in [0.5, 0.6) is 5.75 Å². The van der Waals surface area contributed by atoms with Gasteiger partial charge in [-0.1, -0.05) is 0 Å². The summed E-state index contributed by atoms with van der Waals surface area (Å²) in [4.78, 5) is 4.86. The fourth-order valence-corrected chi connectivity index (χ4v) is 2.84. The van der Waals surface area contributed by atoms with E-state index in [4.69, 9.17) is 0 Å². The average Bonchev–Trinajstić information content (AvgIpc) is 3.23. The van der Waals surface area contributed by atoms with Gasteiger partial charge in [-0.25, -0.2) is 0 Å². The third-order valence-corrected chi connectivity index (χ3v) is 4.34. The molecule has 120 valence electrons. The summed E-state index contributed by atoms with van der Waals surface area (Å²) in [7, 11) is 3.61.